The third-order valence-corrected chi connectivity index (χ3v) is 2.91. The second kappa shape index (κ2) is 6.86. The third-order valence-electron chi connectivity index (χ3n) is 2.60. The molecule has 4 nitrogen and oxygen atoms in total. The average molecular weight is 294 g/mol. The van der Waals surface area contributed by atoms with E-state index in [1.165, 1.54) is 12.1 Å². The zero-order valence-corrected chi connectivity index (χ0v) is 11.3. The number of urea groups is 1. The number of hydrogen-bond donors (Lipinski definition) is 2. The summed E-state index contributed by atoms with van der Waals surface area (Å²) < 4.78 is 12.9. The van der Waals surface area contributed by atoms with Crippen molar-refractivity contribution in [3.8, 4) is 0 Å². The van der Waals surface area contributed by atoms with E-state index in [-0.39, 0.29) is 11.1 Å². The van der Waals surface area contributed by atoms with E-state index in [2.05, 4.69) is 15.6 Å². The Morgan fingerprint density at radius 2 is 2.20 bits per heavy atom. The fraction of sp³-hybridized carbons (Fsp3) is 0.143. The van der Waals surface area contributed by atoms with Crippen LogP contribution in [0.2, 0.25) is 5.02 Å². The van der Waals surface area contributed by atoms with Gasteiger partial charge < -0.3 is 10.6 Å². The van der Waals surface area contributed by atoms with Crippen LogP contribution in [0.15, 0.2) is 42.7 Å². The highest BCUT2D eigenvalue weighted by Crippen LogP contribution is 2.22. The molecular formula is C14H13ClFN3O. The van der Waals surface area contributed by atoms with Crippen molar-refractivity contribution in [2.24, 2.45) is 0 Å². The number of nitrogens with one attached hydrogen (secondary N) is 2. The maximum Gasteiger partial charge on any atom is 0.319 e. The van der Waals surface area contributed by atoms with Crippen LogP contribution >= 0.6 is 11.6 Å². The number of hydrogen-bond acceptors (Lipinski definition) is 2. The molecule has 0 aliphatic rings. The van der Waals surface area contributed by atoms with E-state index in [4.69, 9.17) is 11.6 Å². The lowest BCUT2D eigenvalue weighted by Crippen LogP contribution is -2.30. The number of nitrogens with zero attached hydrogens (tertiary/aromatic N) is 1. The molecule has 1 heterocycles. The molecular weight excluding hydrogens is 281 g/mol. The molecule has 6 heteroatoms. The highest BCUT2D eigenvalue weighted by molar-refractivity contribution is 6.33. The molecule has 2 rings (SSSR count). The van der Waals surface area contributed by atoms with Gasteiger partial charge in [-0.3, -0.25) is 4.98 Å². The number of anilines is 1. The summed E-state index contributed by atoms with van der Waals surface area (Å²) in [5.41, 5.74) is 1.40. The first-order valence-electron chi connectivity index (χ1n) is 6.04. The van der Waals surface area contributed by atoms with Crippen molar-refractivity contribution >= 4 is 23.3 Å². The maximum absolute atomic E-state index is 12.9. The van der Waals surface area contributed by atoms with E-state index in [1.807, 2.05) is 12.1 Å². The first-order chi connectivity index (χ1) is 9.65. The topological polar surface area (TPSA) is 54.0 Å². The van der Waals surface area contributed by atoms with Crippen LogP contribution < -0.4 is 10.6 Å². The lowest BCUT2D eigenvalue weighted by Gasteiger charge is -2.09. The highest BCUT2D eigenvalue weighted by atomic mass is 35.5. The lowest BCUT2D eigenvalue weighted by atomic mass is 10.2. The zero-order valence-electron chi connectivity index (χ0n) is 10.6. The van der Waals surface area contributed by atoms with E-state index in [0.717, 1.165) is 11.6 Å². The summed E-state index contributed by atoms with van der Waals surface area (Å²) in [5.74, 6) is -0.447. The molecule has 2 aromatic rings. The Morgan fingerprint density at radius 3 is 2.90 bits per heavy atom. The number of pyridine rings is 1. The van der Waals surface area contributed by atoms with E-state index >= 15 is 0 Å². The van der Waals surface area contributed by atoms with Crippen molar-refractivity contribution in [3.05, 3.63) is 59.1 Å². The molecule has 0 saturated heterocycles. The van der Waals surface area contributed by atoms with Crippen LogP contribution in [-0.2, 0) is 6.42 Å². The highest BCUT2D eigenvalue weighted by Gasteiger charge is 2.06. The Labute approximate surface area is 121 Å². The lowest BCUT2D eigenvalue weighted by molar-refractivity contribution is 0.252. The molecule has 104 valence electrons. The molecule has 20 heavy (non-hydrogen) atoms. The van der Waals surface area contributed by atoms with Gasteiger partial charge in [-0.2, -0.15) is 0 Å². The van der Waals surface area contributed by atoms with Gasteiger partial charge in [-0.1, -0.05) is 17.7 Å². The molecule has 0 aliphatic carbocycles. The minimum atomic E-state index is -0.447. The zero-order chi connectivity index (χ0) is 14.4. The molecule has 0 bridgehead atoms. The largest absolute Gasteiger partial charge is 0.338 e. The van der Waals surface area contributed by atoms with Crippen molar-refractivity contribution in [1.29, 1.82) is 0 Å². The Kier molecular flexibility index (Phi) is 4.90. The van der Waals surface area contributed by atoms with Crippen LogP contribution in [0, 0.1) is 5.82 Å². The number of amides is 2. The molecule has 0 radical (unpaired) electrons. The summed E-state index contributed by atoms with van der Waals surface area (Å²) in [4.78, 5) is 15.6. The molecule has 0 spiro atoms. The van der Waals surface area contributed by atoms with Gasteiger partial charge in [0.15, 0.2) is 0 Å². The van der Waals surface area contributed by atoms with Crippen LogP contribution in [0.1, 0.15) is 5.56 Å². The van der Waals surface area contributed by atoms with Gasteiger partial charge in [0.05, 0.1) is 10.7 Å². The predicted molar refractivity (Wildman–Crippen MR) is 76.4 cm³/mol. The van der Waals surface area contributed by atoms with Crippen molar-refractivity contribution in [2.75, 3.05) is 11.9 Å². The standard InChI is InChI=1S/C14H13ClFN3O/c15-12-8-11(16)3-4-13(12)19-14(20)18-7-5-10-2-1-6-17-9-10/h1-4,6,8-9H,5,7H2,(H2,18,19,20). The normalized spacial score (nSPS) is 10.1. The first kappa shape index (κ1) is 14.3. The average Bonchev–Trinajstić information content (AvgIpc) is 2.43. The SMILES string of the molecule is O=C(NCCc1cccnc1)Nc1ccc(F)cc1Cl. The van der Waals surface area contributed by atoms with Gasteiger partial charge in [-0.25, -0.2) is 9.18 Å². The second-order valence-electron chi connectivity index (χ2n) is 4.12. The predicted octanol–water partition coefficient (Wildman–Crippen LogP) is 3.24. The van der Waals surface area contributed by atoms with Gasteiger partial charge in [-0.05, 0) is 36.2 Å². The van der Waals surface area contributed by atoms with Crippen LogP contribution in [-0.4, -0.2) is 17.6 Å². The summed E-state index contributed by atoms with van der Waals surface area (Å²) >= 11 is 5.81. The number of benzene rings is 1. The maximum atomic E-state index is 12.9. The van der Waals surface area contributed by atoms with Gasteiger partial charge >= 0.3 is 6.03 Å². The quantitative estimate of drug-likeness (QED) is 0.909. The van der Waals surface area contributed by atoms with Gasteiger partial charge in [-0.15, -0.1) is 0 Å². The van der Waals surface area contributed by atoms with Crippen LogP contribution in [0.3, 0.4) is 0 Å². The van der Waals surface area contributed by atoms with E-state index in [0.29, 0.717) is 18.7 Å². The monoisotopic (exact) mass is 293 g/mol. The Morgan fingerprint density at radius 1 is 1.35 bits per heavy atom. The summed E-state index contributed by atoms with van der Waals surface area (Å²) in [6, 6.07) is 7.18. The number of halogens is 2. The molecule has 1 aromatic heterocycles. The van der Waals surface area contributed by atoms with E-state index < -0.39 is 5.82 Å². The van der Waals surface area contributed by atoms with Crippen molar-refractivity contribution in [3.63, 3.8) is 0 Å². The minimum absolute atomic E-state index is 0.160. The molecule has 1 aromatic carbocycles. The van der Waals surface area contributed by atoms with Gasteiger partial charge in [0.1, 0.15) is 5.82 Å². The van der Waals surface area contributed by atoms with E-state index in [9.17, 15) is 9.18 Å². The number of carbonyl (C=O) groups is 1. The fourth-order valence-corrected chi connectivity index (χ4v) is 1.84. The first-order valence-corrected chi connectivity index (χ1v) is 6.42. The minimum Gasteiger partial charge on any atom is -0.338 e. The summed E-state index contributed by atoms with van der Waals surface area (Å²) in [6.07, 6.45) is 4.12. The fourth-order valence-electron chi connectivity index (χ4n) is 1.62. The number of aromatic nitrogens is 1. The number of rotatable bonds is 4. The summed E-state index contributed by atoms with van der Waals surface area (Å²) in [7, 11) is 0. The second-order valence-corrected chi connectivity index (χ2v) is 4.52. The third kappa shape index (κ3) is 4.20. The molecule has 2 N–H and O–H groups in total. The molecule has 0 aliphatic heterocycles. The smallest absolute Gasteiger partial charge is 0.319 e. The van der Waals surface area contributed by atoms with Crippen LogP contribution in [0.4, 0.5) is 14.9 Å². The molecule has 0 fully saturated rings. The summed E-state index contributed by atoms with van der Waals surface area (Å²) in [5, 5.41) is 5.41. The Hall–Kier alpha value is -2.14. The van der Waals surface area contributed by atoms with Crippen LogP contribution in [0.25, 0.3) is 0 Å². The number of carbonyl (C=O) groups excluding carboxylic acids is 1. The van der Waals surface area contributed by atoms with Crippen molar-refractivity contribution < 1.29 is 9.18 Å². The van der Waals surface area contributed by atoms with Gasteiger partial charge in [0.25, 0.3) is 0 Å². The molecule has 0 saturated carbocycles. The van der Waals surface area contributed by atoms with Crippen LogP contribution in [0.5, 0.6) is 0 Å². The van der Waals surface area contributed by atoms with Crippen molar-refractivity contribution in [2.45, 2.75) is 6.42 Å². The molecule has 0 atom stereocenters. The summed E-state index contributed by atoms with van der Waals surface area (Å²) in [6.45, 7) is 0.469. The van der Waals surface area contributed by atoms with Gasteiger partial charge in [0.2, 0.25) is 0 Å². The molecule has 0 unspecified atom stereocenters. The Bertz CT molecular complexity index is 592. The van der Waals surface area contributed by atoms with E-state index in [1.54, 1.807) is 12.4 Å². The van der Waals surface area contributed by atoms with Crippen molar-refractivity contribution in [1.82, 2.24) is 10.3 Å². The molecule has 2 amide bonds. The Balaban J connectivity index is 1.81. The van der Waals surface area contributed by atoms with Gasteiger partial charge in [0, 0.05) is 18.9 Å².